The van der Waals surface area contributed by atoms with Crippen molar-refractivity contribution in [1.82, 2.24) is 0 Å². The highest BCUT2D eigenvalue weighted by atomic mass is 35.5. The average Bonchev–Trinajstić information content (AvgIpc) is 3.27. The Bertz CT molecular complexity index is 1550. The van der Waals surface area contributed by atoms with Crippen molar-refractivity contribution in [2.75, 3.05) is 23.8 Å². The van der Waals surface area contributed by atoms with Crippen LogP contribution in [0.4, 0.5) is 11.4 Å². The third-order valence-corrected chi connectivity index (χ3v) is 7.88. The fourth-order valence-corrected chi connectivity index (χ4v) is 5.63. The van der Waals surface area contributed by atoms with Gasteiger partial charge in [-0.2, -0.15) is 0 Å². The number of carbonyl (C=O) groups excluding carboxylic acids is 2. The Morgan fingerprint density at radius 3 is 2.36 bits per heavy atom. The number of thiophene rings is 1. The van der Waals surface area contributed by atoms with Gasteiger partial charge in [-0.1, -0.05) is 23.2 Å². The Labute approximate surface area is 220 Å². The summed E-state index contributed by atoms with van der Waals surface area (Å²) in [5.74, 6) is -0.727. The molecule has 0 bridgehead atoms. The molecule has 0 aliphatic heterocycles. The van der Waals surface area contributed by atoms with Gasteiger partial charge in [0, 0.05) is 21.1 Å². The lowest BCUT2D eigenvalue weighted by Gasteiger charge is -2.12. The van der Waals surface area contributed by atoms with Crippen LogP contribution in [0.15, 0.2) is 71.6 Å². The second-order valence-corrected chi connectivity index (χ2v) is 11.0. The number of anilines is 2. The maximum atomic E-state index is 12.6. The molecule has 12 heteroatoms. The van der Waals surface area contributed by atoms with Crippen molar-refractivity contribution < 1.29 is 27.5 Å². The first-order valence-electron chi connectivity index (χ1n) is 10.3. The highest BCUT2D eigenvalue weighted by molar-refractivity contribution is 7.92. The van der Waals surface area contributed by atoms with Gasteiger partial charge in [-0.15, -0.1) is 11.3 Å². The number of esters is 1. The molecule has 1 aromatic heterocycles. The molecule has 0 unspecified atom stereocenters. The fraction of sp³-hybridized carbons (Fsp3) is 0.0833. The molecule has 0 atom stereocenters. The minimum absolute atomic E-state index is 0.0248. The summed E-state index contributed by atoms with van der Waals surface area (Å²) in [4.78, 5) is 24.5. The highest BCUT2D eigenvalue weighted by Gasteiger charge is 2.17. The number of carbonyl (C=O) groups is 2. The lowest BCUT2D eigenvalue weighted by molar-refractivity contribution is -0.118. The van der Waals surface area contributed by atoms with Gasteiger partial charge < -0.3 is 14.8 Å². The predicted molar refractivity (Wildman–Crippen MR) is 141 cm³/mol. The number of ether oxygens (including phenoxy) is 2. The number of nitrogens with one attached hydrogen (secondary N) is 2. The molecule has 186 valence electrons. The van der Waals surface area contributed by atoms with Crippen LogP contribution in [0.2, 0.25) is 10.0 Å². The van der Waals surface area contributed by atoms with Gasteiger partial charge in [0.1, 0.15) is 10.6 Å². The van der Waals surface area contributed by atoms with Gasteiger partial charge in [0.25, 0.3) is 15.9 Å². The predicted octanol–water partition coefficient (Wildman–Crippen LogP) is 5.81. The second kappa shape index (κ2) is 10.8. The molecule has 0 radical (unpaired) electrons. The smallest absolute Gasteiger partial charge is 0.348 e. The summed E-state index contributed by atoms with van der Waals surface area (Å²) in [5.41, 5.74) is 0.862. The second-order valence-electron chi connectivity index (χ2n) is 7.40. The third kappa shape index (κ3) is 6.08. The van der Waals surface area contributed by atoms with E-state index in [0.717, 1.165) is 10.1 Å². The van der Waals surface area contributed by atoms with Crippen LogP contribution >= 0.6 is 34.5 Å². The zero-order valence-electron chi connectivity index (χ0n) is 18.6. The van der Waals surface area contributed by atoms with Gasteiger partial charge in [-0.05, 0) is 72.1 Å². The molecule has 0 saturated heterocycles. The molecule has 0 saturated carbocycles. The van der Waals surface area contributed by atoms with Crippen molar-refractivity contribution in [3.05, 3.63) is 81.7 Å². The van der Waals surface area contributed by atoms with E-state index >= 15 is 0 Å². The van der Waals surface area contributed by atoms with E-state index in [2.05, 4.69) is 10.0 Å². The Balaban J connectivity index is 1.38. The van der Waals surface area contributed by atoms with Gasteiger partial charge >= 0.3 is 5.97 Å². The largest absolute Gasteiger partial charge is 0.482 e. The van der Waals surface area contributed by atoms with Crippen LogP contribution in [0.3, 0.4) is 0 Å². The van der Waals surface area contributed by atoms with E-state index in [1.54, 1.807) is 36.4 Å². The molecule has 36 heavy (non-hydrogen) atoms. The number of sulfonamides is 1. The van der Waals surface area contributed by atoms with Gasteiger partial charge in [0.2, 0.25) is 0 Å². The lowest BCUT2D eigenvalue weighted by atomic mass is 10.2. The van der Waals surface area contributed by atoms with E-state index < -0.39 is 21.9 Å². The van der Waals surface area contributed by atoms with Crippen molar-refractivity contribution in [3.63, 3.8) is 0 Å². The Kier molecular flexibility index (Phi) is 7.70. The van der Waals surface area contributed by atoms with Crippen LogP contribution in [-0.4, -0.2) is 34.0 Å². The van der Waals surface area contributed by atoms with E-state index in [1.807, 2.05) is 0 Å². The number of benzene rings is 3. The summed E-state index contributed by atoms with van der Waals surface area (Å²) in [5, 5.41) is 4.00. The van der Waals surface area contributed by atoms with Gasteiger partial charge in [-0.3, -0.25) is 9.52 Å². The first kappa shape index (κ1) is 25.8. The Morgan fingerprint density at radius 2 is 1.67 bits per heavy atom. The zero-order valence-corrected chi connectivity index (χ0v) is 21.7. The standard InChI is InChI=1S/C24H18Cl2N2O6S2/c1-33-24(30)22-11-14-10-17(6-9-21(14)35-22)27-23(29)13-34-20-8-7-18(12-19(20)26)36(31,32)28-16-4-2-15(25)3-5-16/h2-12,28H,13H2,1H3,(H,27,29). The molecule has 0 aliphatic rings. The van der Waals surface area contributed by atoms with E-state index in [9.17, 15) is 18.0 Å². The Hall–Kier alpha value is -3.31. The minimum Gasteiger partial charge on any atom is -0.482 e. The summed E-state index contributed by atoms with van der Waals surface area (Å²) in [6, 6.07) is 17.0. The van der Waals surface area contributed by atoms with Crippen molar-refractivity contribution in [1.29, 1.82) is 0 Å². The molecule has 4 aromatic rings. The van der Waals surface area contributed by atoms with Gasteiger partial charge in [0.15, 0.2) is 6.61 Å². The number of hydrogen-bond acceptors (Lipinski definition) is 7. The number of hydrogen-bond donors (Lipinski definition) is 2. The number of fused-ring (bicyclic) bond motifs is 1. The zero-order chi connectivity index (χ0) is 25.9. The first-order valence-corrected chi connectivity index (χ1v) is 13.3. The molecule has 4 rings (SSSR count). The molecule has 3 aromatic carbocycles. The van der Waals surface area contributed by atoms with Crippen molar-refractivity contribution in [2.45, 2.75) is 4.90 Å². The van der Waals surface area contributed by atoms with Crippen LogP contribution in [0.25, 0.3) is 10.1 Å². The van der Waals surface area contributed by atoms with Gasteiger partial charge in [0.05, 0.1) is 17.0 Å². The number of halogens is 2. The van der Waals surface area contributed by atoms with E-state index in [4.69, 9.17) is 32.7 Å². The molecular formula is C24H18Cl2N2O6S2. The van der Waals surface area contributed by atoms with Gasteiger partial charge in [-0.25, -0.2) is 13.2 Å². The molecule has 2 N–H and O–H groups in total. The molecule has 0 aliphatic carbocycles. The Morgan fingerprint density at radius 1 is 0.944 bits per heavy atom. The summed E-state index contributed by atoms with van der Waals surface area (Å²) >= 11 is 13.3. The number of amides is 1. The van der Waals surface area contributed by atoms with E-state index in [1.165, 1.54) is 48.8 Å². The monoisotopic (exact) mass is 564 g/mol. The van der Waals surface area contributed by atoms with Crippen LogP contribution in [0.5, 0.6) is 5.75 Å². The van der Waals surface area contributed by atoms with Crippen LogP contribution in [0, 0.1) is 0 Å². The summed E-state index contributed by atoms with van der Waals surface area (Å²) in [6.07, 6.45) is 0. The van der Waals surface area contributed by atoms with Crippen molar-refractivity contribution in [3.8, 4) is 5.75 Å². The number of rotatable bonds is 8. The third-order valence-electron chi connectivity index (χ3n) is 4.86. The molecular weight excluding hydrogens is 547 g/mol. The summed E-state index contributed by atoms with van der Waals surface area (Å²) < 4.78 is 38.8. The summed E-state index contributed by atoms with van der Waals surface area (Å²) in [7, 11) is -2.59. The fourth-order valence-electron chi connectivity index (χ4n) is 3.16. The molecule has 0 spiro atoms. The quantitative estimate of drug-likeness (QED) is 0.261. The average molecular weight is 565 g/mol. The summed E-state index contributed by atoms with van der Waals surface area (Å²) in [6.45, 7) is -0.357. The topological polar surface area (TPSA) is 111 Å². The SMILES string of the molecule is COC(=O)c1cc2cc(NC(=O)COc3ccc(S(=O)(=O)Nc4ccc(Cl)cc4)cc3Cl)ccc2s1. The molecule has 1 heterocycles. The van der Waals surface area contributed by atoms with Crippen LogP contribution in [-0.2, 0) is 19.6 Å². The number of methoxy groups -OCH3 is 1. The first-order chi connectivity index (χ1) is 17.1. The van der Waals surface area contributed by atoms with Crippen LogP contribution in [0.1, 0.15) is 9.67 Å². The normalized spacial score (nSPS) is 11.2. The minimum atomic E-state index is -3.90. The molecule has 0 fully saturated rings. The molecule has 8 nitrogen and oxygen atoms in total. The van der Waals surface area contributed by atoms with Crippen molar-refractivity contribution in [2.24, 2.45) is 0 Å². The van der Waals surface area contributed by atoms with E-state index in [0.29, 0.717) is 21.3 Å². The highest BCUT2D eigenvalue weighted by Crippen LogP contribution is 2.30. The lowest BCUT2D eigenvalue weighted by Crippen LogP contribution is -2.20. The molecule has 1 amide bonds. The maximum absolute atomic E-state index is 12.6. The maximum Gasteiger partial charge on any atom is 0.348 e. The van der Waals surface area contributed by atoms with Crippen LogP contribution < -0.4 is 14.8 Å². The van der Waals surface area contributed by atoms with E-state index in [-0.39, 0.29) is 22.3 Å². The van der Waals surface area contributed by atoms with Crippen molar-refractivity contribution >= 4 is 77.9 Å².